The fourth-order valence-electron chi connectivity index (χ4n) is 2.44. The van der Waals surface area contributed by atoms with E-state index in [1.807, 2.05) is 17.0 Å². The number of aliphatic hydroxyl groups is 1. The van der Waals surface area contributed by atoms with E-state index in [1.165, 1.54) is 0 Å². The Morgan fingerprint density at radius 1 is 1.32 bits per heavy atom. The van der Waals surface area contributed by atoms with E-state index < -0.39 is 0 Å². The molecule has 1 aromatic carbocycles. The predicted molar refractivity (Wildman–Crippen MR) is 76.5 cm³/mol. The van der Waals surface area contributed by atoms with E-state index in [9.17, 15) is 9.90 Å². The van der Waals surface area contributed by atoms with Crippen LogP contribution in [0.3, 0.4) is 0 Å². The van der Waals surface area contributed by atoms with Crippen molar-refractivity contribution in [3.05, 3.63) is 28.8 Å². The van der Waals surface area contributed by atoms with Crippen molar-refractivity contribution >= 4 is 23.2 Å². The van der Waals surface area contributed by atoms with E-state index in [0.29, 0.717) is 11.6 Å². The van der Waals surface area contributed by atoms with Gasteiger partial charge in [-0.05, 0) is 18.6 Å². The Labute approximate surface area is 118 Å². The Balaban J connectivity index is 2.18. The van der Waals surface area contributed by atoms with Crippen LogP contribution in [0.4, 0.5) is 5.69 Å². The highest BCUT2D eigenvalue weighted by molar-refractivity contribution is 6.30. The normalized spacial score (nSPS) is 16.4. The second-order valence-electron chi connectivity index (χ2n) is 4.78. The van der Waals surface area contributed by atoms with Crippen LogP contribution >= 0.6 is 11.6 Å². The molecule has 0 aromatic heterocycles. The standard InChI is InChI=1S/C14H19ClN2O2/c1-11(19)16-5-2-6-17(8-7-16)14-9-13(15)4-3-12(14)10-18/h3-4,9,18H,2,5-8,10H2,1H3. The maximum atomic E-state index is 11.4. The summed E-state index contributed by atoms with van der Waals surface area (Å²) in [6.45, 7) is 4.76. The van der Waals surface area contributed by atoms with Crippen molar-refractivity contribution in [1.82, 2.24) is 4.90 Å². The van der Waals surface area contributed by atoms with Gasteiger partial charge in [0.05, 0.1) is 6.61 Å². The highest BCUT2D eigenvalue weighted by Crippen LogP contribution is 2.26. The molecule has 0 saturated carbocycles. The van der Waals surface area contributed by atoms with Crippen LogP contribution in [0.25, 0.3) is 0 Å². The lowest BCUT2D eigenvalue weighted by atomic mass is 10.1. The Hall–Kier alpha value is -1.26. The maximum Gasteiger partial charge on any atom is 0.219 e. The van der Waals surface area contributed by atoms with Crippen molar-refractivity contribution in [1.29, 1.82) is 0 Å². The van der Waals surface area contributed by atoms with Gasteiger partial charge in [-0.25, -0.2) is 0 Å². The number of amides is 1. The van der Waals surface area contributed by atoms with Gasteiger partial charge in [0.2, 0.25) is 5.91 Å². The number of halogens is 1. The Kier molecular flexibility index (Phi) is 4.66. The first-order valence-corrected chi connectivity index (χ1v) is 6.89. The summed E-state index contributed by atoms with van der Waals surface area (Å²) < 4.78 is 0. The minimum absolute atomic E-state index is 0.000571. The van der Waals surface area contributed by atoms with Crippen LogP contribution in [0, 0.1) is 0 Å². The largest absolute Gasteiger partial charge is 0.392 e. The van der Waals surface area contributed by atoms with Crippen molar-refractivity contribution in [2.24, 2.45) is 0 Å². The molecular formula is C14H19ClN2O2. The average molecular weight is 283 g/mol. The van der Waals surface area contributed by atoms with Crippen LogP contribution in [-0.2, 0) is 11.4 Å². The smallest absolute Gasteiger partial charge is 0.219 e. The monoisotopic (exact) mass is 282 g/mol. The molecule has 0 aliphatic carbocycles. The average Bonchev–Trinajstić information content (AvgIpc) is 2.64. The molecule has 1 amide bonds. The van der Waals surface area contributed by atoms with Gasteiger partial charge in [0.1, 0.15) is 0 Å². The van der Waals surface area contributed by atoms with E-state index in [0.717, 1.165) is 37.3 Å². The van der Waals surface area contributed by atoms with E-state index in [4.69, 9.17) is 11.6 Å². The van der Waals surface area contributed by atoms with Gasteiger partial charge in [-0.2, -0.15) is 0 Å². The van der Waals surface area contributed by atoms with E-state index >= 15 is 0 Å². The van der Waals surface area contributed by atoms with Gasteiger partial charge in [0, 0.05) is 49.4 Å². The van der Waals surface area contributed by atoms with Crippen LogP contribution in [0.15, 0.2) is 18.2 Å². The molecule has 1 heterocycles. The number of hydrogen-bond acceptors (Lipinski definition) is 3. The number of rotatable bonds is 2. The lowest BCUT2D eigenvalue weighted by molar-refractivity contribution is -0.128. The first-order valence-electron chi connectivity index (χ1n) is 6.51. The third-order valence-electron chi connectivity index (χ3n) is 3.50. The molecule has 1 aliphatic rings. The first kappa shape index (κ1) is 14.2. The molecule has 1 aromatic rings. The van der Waals surface area contributed by atoms with Crippen molar-refractivity contribution in [2.75, 3.05) is 31.1 Å². The summed E-state index contributed by atoms with van der Waals surface area (Å²) in [7, 11) is 0. The van der Waals surface area contributed by atoms with Gasteiger partial charge in [-0.3, -0.25) is 4.79 Å². The second-order valence-corrected chi connectivity index (χ2v) is 5.21. The number of carbonyl (C=O) groups excluding carboxylic acids is 1. The summed E-state index contributed by atoms with van der Waals surface area (Å²) in [5, 5.41) is 10.1. The fourth-order valence-corrected chi connectivity index (χ4v) is 2.60. The lowest BCUT2D eigenvalue weighted by Gasteiger charge is -2.25. The molecule has 5 heteroatoms. The van der Waals surface area contributed by atoms with Crippen molar-refractivity contribution in [3.8, 4) is 0 Å². The molecule has 104 valence electrons. The molecule has 4 nitrogen and oxygen atoms in total. The van der Waals surface area contributed by atoms with E-state index in [-0.39, 0.29) is 12.5 Å². The summed E-state index contributed by atoms with van der Waals surface area (Å²) in [5.74, 6) is 0.121. The number of nitrogens with zero attached hydrogens (tertiary/aromatic N) is 2. The molecule has 1 saturated heterocycles. The highest BCUT2D eigenvalue weighted by Gasteiger charge is 2.18. The Morgan fingerprint density at radius 3 is 2.79 bits per heavy atom. The zero-order chi connectivity index (χ0) is 13.8. The lowest BCUT2D eigenvalue weighted by Crippen LogP contribution is -2.33. The molecule has 1 aliphatic heterocycles. The van der Waals surface area contributed by atoms with E-state index in [2.05, 4.69) is 4.90 Å². The second kappa shape index (κ2) is 6.26. The molecule has 0 radical (unpaired) electrons. The minimum Gasteiger partial charge on any atom is -0.392 e. The molecular weight excluding hydrogens is 264 g/mol. The first-order chi connectivity index (χ1) is 9.11. The van der Waals surface area contributed by atoms with Crippen LogP contribution in [0.1, 0.15) is 18.9 Å². The summed E-state index contributed by atoms with van der Waals surface area (Å²) in [6.07, 6.45) is 0.928. The summed E-state index contributed by atoms with van der Waals surface area (Å²) in [4.78, 5) is 15.5. The predicted octanol–water partition coefficient (Wildman–Crippen LogP) is 1.89. The van der Waals surface area contributed by atoms with Gasteiger partial charge in [0.15, 0.2) is 0 Å². The number of aliphatic hydroxyl groups excluding tert-OH is 1. The Bertz CT molecular complexity index is 465. The van der Waals surface area contributed by atoms with Crippen molar-refractivity contribution < 1.29 is 9.90 Å². The number of benzene rings is 1. The van der Waals surface area contributed by atoms with Gasteiger partial charge < -0.3 is 14.9 Å². The quantitative estimate of drug-likeness (QED) is 0.901. The SMILES string of the molecule is CC(=O)N1CCCN(c2cc(Cl)ccc2CO)CC1. The fraction of sp³-hybridized carbons (Fsp3) is 0.500. The molecule has 19 heavy (non-hydrogen) atoms. The van der Waals surface area contributed by atoms with E-state index in [1.54, 1.807) is 13.0 Å². The van der Waals surface area contributed by atoms with Gasteiger partial charge in [-0.15, -0.1) is 0 Å². The third kappa shape index (κ3) is 3.39. The van der Waals surface area contributed by atoms with Crippen LogP contribution in [0.5, 0.6) is 0 Å². The maximum absolute atomic E-state index is 11.4. The summed E-state index contributed by atoms with van der Waals surface area (Å²) in [6, 6.07) is 5.53. The molecule has 2 rings (SSSR count). The highest BCUT2D eigenvalue weighted by atomic mass is 35.5. The molecule has 1 N–H and O–H groups in total. The van der Waals surface area contributed by atoms with Gasteiger partial charge in [0.25, 0.3) is 0 Å². The van der Waals surface area contributed by atoms with Crippen LogP contribution < -0.4 is 4.90 Å². The summed E-state index contributed by atoms with van der Waals surface area (Å²) in [5.41, 5.74) is 1.85. The minimum atomic E-state index is -0.000571. The van der Waals surface area contributed by atoms with Crippen molar-refractivity contribution in [3.63, 3.8) is 0 Å². The molecule has 1 fully saturated rings. The molecule has 0 bridgehead atoms. The molecule has 0 atom stereocenters. The van der Waals surface area contributed by atoms with Crippen molar-refractivity contribution in [2.45, 2.75) is 20.0 Å². The van der Waals surface area contributed by atoms with Gasteiger partial charge in [-0.1, -0.05) is 17.7 Å². The number of carbonyl (C=O) groups is 1. The topological polar surface area (TPSA) is 43.8 Å². The number of hydrogen-bond donors (Lipinski definition) is 1. The number of anilines is 1. The summed E-state index contributed by atoms with van der Waals surface area (Å²) >= 11 is 6.04. The van der Waals surface area contributed by atoms with Crippen LogP contribution in [-0.4, -0.2) is 42.1 Å². The molecule has 0 spiro atoms. The third-order valence-corrected chi connectivity index (χ3v) is 3.73. The zero-order valence-corrected chi connectivity index (χ0v) is 11.9. The zero-order valence-electron chi connectivity index (χ0n) is 11.1. The van der Waals surface area contributed by atoms with Gasteiger partial charge >= 0.3 is 0 Å². The van der Waals surface area contributed by atoms with Crippen LogP contribution in [0.2, 0.25) is 5.02 Å². The Morgan fingerprint density at radius 2 is 2.11 bits per heavy atom. The molecule has 0 unspecified atom stereocenters.